The summed E-state index contributed by atoms with van der Waals surface area (Å²) in [4.78, 5) is 0. The van der Waals surface area contributed by atoms with Crippen LogP contribution >= 0.6 is 11.6 Å². The summed E-state index contributed by atoms with van der Waals surface area (Å²) in [6, 6.07) is 10.5. The number of hydrogen-bond donors (Lipinski definition) is 0. The van der Waals surface area contributed by atoms with E-state index < -0.39 is 0 Å². The fourth-order valence-electron chi connectivity index (χ4n) is 3.96. The highest BCUT2D eigenvalue weighted by atomic mass is 35.5. The average Bonchev–Trinajstić information content (AvgIpc) is 2.76. The van der Waals surface area contributed by atoms with Gasteiger partial charge in [-0.2, -0.15) is 0 Å². The Morgan fingerprint density at radius 1 is 1.10 bits per heavy atom. The maximum atomic E-state index is 6.60. The molecule has 0 heterocycles. The first kappa shape index (κ1) is 14.4. The van der Waals surface area contributed by atoms with Crippen molar-refractivity contribution in [2.24, 2.45) is 5.41 Å². The molecule has 20 heavy (non-hydrogen) atoms. The lowest BCUT2D eigenvalue weighted by molar-refractivity contribution is -0.142. The Hall–Kier alpha value is -0.530. The number of benzene rings is 1. The molecule has 0 saturated heterocycles. The molecule has 110 valence electrons. The fourth-order valence-corrected chi connectivity index (χ4v) is 4.48. The largest absolute Gasteiger partial charge is 0.370 e. The molecule has 0 amide bonds. The van der Waals surface area contributed by atoms with Crippen LogP contribution in [0.5, 0.6) is 0 Å². The van der Waals surface area contributed by atoms with Crippen molar-refractivity contribution >= 4 is 11.6 Å². The molecular weight excluding hydrogens is 268 g/mol. The predicted molar refractivity (Wildman–Crippen MR) is 84.1 cm³/mol. The minimum atomic E-state index is 0.172. The summed E-state index contributed by atoms with van der Waals surface area (Å²) in [5, 5.41) is 0.327. The lowest BCUT2D eigenvalue weighted by atomic mass is 9.61. The van der Waals surface area contributed by atoms with E-state index in [1.807, 2.05) is 0 Å². The molecule has 3 unspecified atom stereocenters. The standard InChI is InChI=1S/C18H25ClO/c1-14(15-9-5-4-6-10-15)20-17-13-16(19)18(17)11-7-2-3-8-12-18/h4-6,9-10,14,16-17H,2-3,7-8,11-13H2,1H3. The summed E-state index contributed by atoms with van der Waals surface area (Å²) in [5.41, 5.74) is 1.54. The van der Waals surface area contributed by atoms with Crippen molar-refractivity contribution < 1.29 is 4.74 Å². The molecule has 2 heteroatoms. The Kier molecular flexibility index (Phi) is 4.37. The van der Waals surface area contributed by atoms with Gasteiger partial charge in [-0.15, -0.1) is 11.6 Å². The zero-order valence-corrected chi connectivity index (χ0v) is 13.1. The minimum absolute atomic E-state index is 0.172. The molecule has 2 fully saturated rings. The molecule has 0 radical (unpaired) electrons. The van der Waals surface area contributed by atoms with Crippen molar-refractivity contribution in [3.8, 4) is 0 Å². The molecule has 2 aliphatic carbocycles. The van der Waals surface area contributed by atoms with Gasteiger partial charge in [0.05, 0.1) is 12.2 Å². The molecule has 0 aliphatic heterocycles. The Labute approximate surface area is 127 Å². The van der Waals surface area contributed by atoms with Gasteiger partial charge in [-0.3, -0.25) is 0 Å². The number of hydrogen-bond acceptors (Lipinski definition) is 1. The highest BCUT2D eigenvalue weighted by Crippen LogP contribution is 2.55. The van der Waals surface area contributed by atoms with Crippen LogP contribution in [0.3, 0.4) is 0 Å². The van der Waals surface area contributed by atoms with Gasteiger partial charge in [0, 0.05) is 10.8 Å². The van der Waals surface area contributed by atoms with Gasteiger partial charge in [-0.05, 0) is 31.7 Å². The van der Waals surface area contributed by atoms with E-state index in [1.54, 1.807) is 0 Å². The van der Waals surface area contributed by atoms with E-state index in [2.05, 4.69) is 37.3 Å². The fraction of sp³-hybridized carbons (Fsp3) is 0.667. The van der Waals surface area contributed by atoms with Gasteiger partial charge in [0.25, 0.3) is 0 Å². The van der Waals surface area contributed by atoms with Crippen LogP contribution in [0.2, 0.25) is 0 Å². The summed E-state index contributed by atoms with van der Waals surface area (Å²) >= 11 is 6.60. The lowest BCUT2D eigenvalue weighted by Gasteiger charge is -2.54. The van der Waals surface area contributed by atoms with Gasteiger partial charge < -0.3 is 4.74 Å². The monoisotopic (exact) mass is 292 g/mol. The third kappa shape index (κ3) is 2.63. The van der Waals surface area contributed by atoms with E-state index in [9.17, 15) is 0 Å². The molecule has 0 N–H and O–H groups in total. The third-order valence-electron chi connectivity index (χ3n) is 5.36. The number of rotatable bonds is 3. The van der Waals surface area contributed by atoms with Crippen molar-refractivity contribution in [2.75, 3.05) is 0 Å². The van der Waals surface area contributed by atoms with E-state index in [1.165, 1.54) is 44.1 Å². The van der Waals surface area contributed by atoms with Gasteiger partial charge in [0.1, 0.15) is 0 Å². The molecular formula is C18H25ClO. The van der Waals surface area contributed by atoms with Crippen molar-refractivity contribution in [1.29, 1.82) is 0 Å². The molecule has 1 aromatic carbocycles. The van der Waals surface area contributed by atoms with Crippen LogP contribution in [0.25, 0.3) is 0 Å². The van der Waals surface area contributed by atoms with Crippen LogP contribution in [-0.4, -0.2) is 11.5 Å². The molecule has 1 spiro atoms. The van der Waals surface area contributed by atoms with E-state index >= 15 is 0 Å². The van der Waals surface area contributed by atoms with Crippen LogP contribution in [-0.2, 0) is 4.74 Å². The Bertz CT molecular complexity index is 422. The Morgan fingerprint density at radius 2 is 1.75 bits per heavy atom. The maximum Gasteiger partial charge on any atom is 0.0800 e. The second kappa shape index (κ2) is 6.07. The lowest BCUT2D eigenvalue weighted by Crippen LogP contribution is -2.55. The normalized spacial score (nSPS) is 30.5. The van der Waals surface area contributed by atoms with Crippen LogP contribution in [0.1, 0.15) is 63.5 Å². The SMILES string of the molecule is CC(OC1CC(Cl)C12CCCCCC2)c1ccccc1. The molecule has 2 aliphatic rings. The highest BCUT2D eigenvalue weighted by molar-refractivity contribution is 6.21. The summed E-state index contributed by atoms with van der Waals surface area (Å²) in [6.45, 7) is 2.17. The molecule has 0 aromatic heterocycles. The van der Waals surface area contributed by atoms with Crippen molar-refractivity contribution in [3.05, 3.63) is 35.9 Å². The summed E-state index contributed by atoms with van der Waals surface area (Å²) in [5.74, 6) is 0. The van der Waals surface area contributed by atoms with Gasteiger partial charge in [0.2, 0.25) is 0 Å². The van der Waals surface area contributed by atoms with E-state index in [4.69, 9.17) is 16.3 Å². The zero-order chi connectivity index (χ0) is 14.0. The number of ether oxygens (including phenoxy) is 1. The number of halogens is 1. The molecule has 0 bridgehead atoms. The average molecular weight is 293 g/mol. The first-order chi connectivity index (χ1) is 9.72. The predicted octanol–water partition coefficient (Wildman–Crippen LogP) is 5.48. The smallest absolute Gasteiger partial charge is 0.0800 e. The number of alkyl halides is 1. The topological polar surface area (TPSA) is 9.23 Å². The summed E-state index contributed by atoms with van der Waals surface area (Å²) in [6.07, 6.45) is 9.45. The quantitative estimate of drug-likeness (QED) is 0.670. The molecule has 2 saturated carbocycles. The highest BCUT2D eigenvalue weighted by Gasteiger charge is 2.54. The van der Waals surface area contributed by atoms with Crippen LogP contribution < -0.4 is 0 Å². The first-order valence-electron chi connectivity index (χ1n) is 8.07. The third-order valence-corrected chi connectivity index (χ3v) is 5.97. The van der Waals surface area contributed by atoms with E-state index in [0.717, 1.165) is 6.42 Å². The van der Waals surface area contributed by atoms with Crippen molar-refractivity contribution in [2.45, 2.75) is 69.5 Å². The summed E-state index contributed by atoms with van der Waals surface area (Å²) in [7, 11) is 0. The minimum Gasteiger partial charge on any atom is -0.370 e. The van der Waals surface area contributed by atoms with Crippen LogP contribution in [0, 0.1) is 5.41 Å². The van der Waals surface area contributed by atoms with Gasteiger partial charge >= 0.3 is 0 Å². The van der Waals surface area contributed by atoms with Gasteiger partial charge in [-0.25, -0.2) is 0 Å². The Balaban J connectivity index is 1.68. The van der Waals surface area contributed by atoms with E-state index in [0.29, 0.717) is 11.5 Å². The molecule has 3 atom stereocenters. The van der Waals surface area contributed by atoms with Gasteiger partial charge in [0.15, 0.2) is 0 Å². The van der Waals surface area contributed by atoms with Gasteiger partial charge in [-0.1, -0.05) is 56.0 Å². The Morgan fingerprint density at radius 3 is 2.35 bits per heavy atom. The second-order valence-corrected chi connectivity index (χ2v) is 7.06. The zero-order valence-electron chi connectivity index (χ0n) is 12.4. The van der Waals surface area contributed by atoms with Crippen molar-refractivity contribution in [3.63, 3.8) is 0 Å². The maximum absolute atomic E-state index is 6.60. The van der Waals surface area contributed by atoms with Crippen LogP contribution in [0.4, 0.5) is 0 Å². The second-order valence-electron chi connectivity index (χ2n) is 6.53. The molecule has 3 rings (SSSR count). The summed E-state index contributed by atoms with van der Waals surface area (Å²) < 4.78 is 6.41. The molecule has 1 nitrogen and oxygen atoms in total. The molecule has 1 aromatic rings. The van der Waals surface area contributed by atoms with Crippen molar-refractivity contribution in [1.82, 2.24) is 0 Å². The van der Waals surface area contributed by atoms with Crippen LogP contribution in [0.15, 0.2) is 30.3 Å². The van der Waals surface area contributed by atoms with E-state index in [-0.39, 0.29) is 11.5 Å². The first-order valence-corrected chi connectivity index (χ1v) is 8.50.